The van der Waals surface area contributed by atoms with Crippen LogP contribution in [-0.4, -0.2) is 92.6 Å². The van der Waals surface area contributed by atoms with Crippen LogP contribution in [0.15, 0.2) is 97.1 Å². The van der Waals surface area contributed by atoms with Crippen LogP contribution in [0.4, 0.5) is 0 Å². The molecule has 4 atom stereocenters. The van der Waals surface area contributed by atoms with E-state index in [0.29, 0.717) is 11.1 Å². The van der Waals surface area contributed by atoms with E-state index in [1.807, 2.05) is 48.5 Å². The van der Waals surface area contributed by atoms with Crippen LogP contribution in [0.2, 0.25) is 0 Å². The molecule has 0 spiro atoms. The zero-order valence-corrected chi connectivity index (χ0v) is 44.7. The monoisotopic (exact) mass is 1100 g/mol. The van der Waals surface area contributed by atoms with Crippen LogP contribution in [0, 0.1) is 27.7 Å². The smallest absolute Gasteiger partial charge is 0.338 e. The molecule has 0 saturated carbocycles. The molecule has 0 saturated heterocycles. The van der Waals surface area contributed by atoms with Crippen molar-refractivity contribution in [3.8, 4) is 46.0 Å². The highest BCUT2D eigenvalue weighted by molar-refractivity contribution is 5.94. The standard InChI is InChI=1S/C34H32O12.C26H24O8/c1-17-27(41-19(3)35)13-25(14-28(17)42-20(4)36)33(39)45-31-11-23-9-7-8-10-24(23)12-32(31)46-34(40)26-15-29(43-21(5)37)18(2)30(16-26)44-22(6)38;1-13-19(27)7-17(8-20(13)28)25(31)33-23-11-15-5-3-4-6-16(15)12-24(23)34-26(32)18-9-21(29)14(2)22(30)10-18/h7-10,13-16,31-32H,11-12H2,1-6H3;3-10,23-24,27-30H,11-12H2,1-2H3/t31-,32+;23-,24+. The first-order valence-electron chi connectivity index (χ1n) is 24.9. The quantitative estimate of drug-likeness (QED) is 0.0509. The van der Waals surface area contributed by atoms with Crippen molar-refractivity contribution in [2.75, 3.05) is 0 Å². The molecule has 0 fully saturated rings. The molecule has 8 rings (SSSR count). The second-order valence-corrected chi connectivity index (χ2v) is 19.0. The van der Waals surface area contributed by atoms with Crippen LogP contribution in [0.3, 0.4) is 0 Å². The van der Waals surface area contributed by atoms with Crippen molar-refractivity contribution in [2.24, 2.45) is 0 Å². The molecule has 80 heavy (non-hydrogen) atoms. The van der Waals surface area contributed by atoms with Gasteiger partial charge < -0.3 is 58.3 Å². The third kappa shape index (κ3) is 14.1. The summed E-state index contributed by atoms with van der Waals surface area (Å²) in [4.78, 5) is 99.4. The van der Waals surface area contributed by atoms with Crippen LogP contribution in [0.5, 0.6) is 46.0 Å². The Balaban J connectivity index is 0.000000241. The Morgan fingerprint density at radius 1 is 0.338 bits per heavy atom. The molecule has 6 aromatic carbocycles. The van der Waals surface area contributed by atoms with Crippen molar-refractivity contribution in [1.29, 1.82) is 0 Å². The first-order chi connectivity index (χ1) is 37.8. The molecule has 20 heteroatoms. The van der Waals surface area contributed by atoms with E-state index in [-0.39, 0.29) is 105 Å². The van der Waals surface area contributed by atoms with Gasteiger partial charge in [-0.15, -0.1) is 0 Å². The van der Waals surface area contributed by atoms with Crippen LogP contribution in [-0.2, 0) is 63.8 Å². The average molecular weight is 1100 g/mol. The van der Waals surface area contributed by atoms with E-state index < -0.39 is 72.2 Å². The van der Waals surface area contributed by atoms with E-state index in [0.717, 1.165) is 22.3 Å². The van der Waals surface area contributed by atoms with Gasteiger partial charge >= 0.3 is 47.8 Å². The van der Waals surface area contributed by atoms with Crippen LogP contribution in [0.25, 0.3) is 0 Å². The fourth-order valence-electron chi connectivity index (χ4n) is 8.80. The number of fused-ring (bicyclic) bond motifs is 2. The maximum absolute atomic E-state index is 13.5. The molecule has 416 valence electrons. The molecule has 0 radical (unpaired) electrons. The minimum Gasteiger partial charge on any atom is -0.508 e. The first-order valence-corrected chi connectivity index (χ1v) is 24.9. The number of rotatable bonds is 12. The summed E-state index contributed by atoms with van der Waals surface area (Å²) in [6.45, 7) is 10.9. The van der Waals surface area contributed by atoms with E-state index in [2.05, 4.69) is 0 Å². The van der Waals surface area contributed by atoms with E-state index in [4.69, 9.17) is 37.9 Å². The zero-order chi connectivity index (χ0) is 58.3. The lowest BCUT2D eigenvalue weighted by Gasteiger charge is -2.32. The largest absolute Gasteiger partial charge is 0.508 e. The van der Waals surface area contributed by atoms with Gasteiger partial charge in [0, 0.05) is 75.6 Å². The van der Waals surface area contributed by atoms with Crippen LogP contribution < -0.4 is 18.9 Å². The van der Waals surface area contributed by atoms with Gasteiger partial charge in [0.15, 0.2) is 0 Å². The van der Waals surface area contributed by atoms with Crippen molar-refractivity contribution in [3.05, 3.63) is 164 Å². The van der Waals surface area contributed by atoms with Crippen molar-refractivity contribution in [2.45, 2.75) is 105 Å². The molecule has 0 bridgehead atoms. The SMILES string of the molecule is CC(=O)Oc1cc(C(=O)O[C@H]2Cc3ccccc3C[C@H]2OC(=O)c2cc(OC(C)=O)c(C)c(OC(C)=O)c2)cc(OC(C)=O)c1C.Cc1c(O)cc(C(=O)O[C@H]2Cc3ccccc3C[C@H]2OC(=O)c2cc(O)c(C)c(O)c2)cc1O. The summed E-state index contributed by atoms with van der Waals surface area (Å²) in [6.07, 6.45) is -2.65. The normalized spacial score (nSPS) is 15.9. The number of phenolic OH excluding ortho intramolecular Hbond substituents is 4. The maximum Gasteiger partial charge on any atom is 0.338 e. The summed E-state index contributed by atoms with van der Waals surface area (Å²) in [6, 6.07) is 24.9. The van der Waals surface area contributed by atoms with E-state index >= 15 is 0 Å². The Kier molecular flexibility index (Phi) is 17.9. The summed E-state index contributed by atoms with van der Waals surface area (Å²) >= 11 is 0. The Bertz CT molecular complexity index is 3120. The lowest BCUT2D eigenvalue weighted by Crippen LogP contribution is -2.41. The number of phenols is 4. The van der Waals surface area contributed by atoms with Gasteiger partial charge in [0.25, 0.3) is 0 Å². The zero-order valence-electron chi connectivity index (χ0n) is 44.7. The molecule has 0 aliphatic heterocycles. The number of hydrogen-bond donors (Lipinski definition) is 4. The Hall–Kier alpha value is -9.72. The molecule has 0 aromatic heterocycles. The predicted octanol–water partition coefficient (Wildman–Crippen LogP) is 8.23. The molecular weight excluding hydrogens is 1040 g/mol. The van der Waals surface area contributed by atoms with Crippen molar-refractivity contribution >= 4 is 47.8 Å². The van der Waals surface area contributed by atoms with Gasteiger partial charge in [-0.3, -0.25) is 19.2 Å². The second kappa shape index (κ2) is 24.7. The van der Waals surface area contributed by atoms with Gasteiger partial charge in [0.1, 0.15) is 70.4 Å². The molecule has 6 aromatic rings. The Labute approximate surface area is 458 Å². The summed E-state index contributed by atoms with van der Waals surface area (Å²) in [5, 5.41) is 39.8. The van der Waals surface area contributed by atoms with Crippen LogP contribution >= 0.6 is 0 Å². The fourth-order valence-corrected chi connectivity index (χ4v) is 8.80. The molecular formula is C60H56O20. The van der Waals surface area contributed by atoms with Gasteiger partial charge in [0.05, 0.1) is 22.3 Å². The van der Waals surface area contributed by atoms with E-state index in [1.54, 1.807) is 13.8 Å². The highest BCUT2D eigenvalue weighted by Gasteiger charge is 2.37. The lowest BCUT2D eigenvalue weighted by atomic mass is 9.87. The summed E-state index contributed by atoms with van der Waals surface area (Å²) in [5.41, 5.74) is 4.51. The summed E-state index contributed by atoms with van der Waals surface area (Å²) < 4.78 is 44.0. The van der Waals surface area contributed by atoms with Gasteiger partial charge in [0.2, 0.25) is 0 Å². The fraction of sp³-hybridized carbons (Fsp3) is 0.267. The molecule has 2 aliphatic carbocycles. The third-order valence-electron chi connectivity index (χ3n) is 13.1. The Morgan fingerprint density at radius 2 is 0.537 bits per heavy atom. The Morgan fingerprint density at radius 3 is 0.738 bits per heavy atom. The van der Waals surface area contributed by atoms with Crippen molar-refractivity contribution in [1.82, 2.24) is 0 Å². The number of hydrogen-bond acceptors (Lipinski definition) is 20. The number of esters is 8. The second-order valence-electron chi connectivity index (χ2n) is 19.0. The topological polar surface area (TPSA) is 291 Å². The molecule has 0 amide bonds. The van der Waals surface area contributed by atoms with Gasteiger partial charge in [-0.1, -0.05) is 48.5 Å². The molecule has 2 aliphatic rings. The number of aromatic hydroxyl groups is 4. The number of carbonyl (C=O) groups excluding carboxylic acids is 8. The average Bonchev–Trinajstić information content (AvgIpc) is 3.41. The highest BCUT2D eigenvalue weighted by atomic mass is 16.6. The third-order valence-corrected chi connectivity index (χ3v) is 13.1. The van der Waals surface area contributed by atoms with E-state index in [9.17, 15) is 58.8 Å². The number of ether oxygens (including phenoxy) is 8. The van der Waals surface area contributed by atoms with Gasteiger partial charge in [-0.25, -0.2) is 19.2 Å². The summed E-state index contributed by atoms with van der Waals surface area (Å²) in [7, 11) is 0. The highest BCUT2D eigenvalue weighted by Crippen LogP contribution is 2.36. The summed E-state index contributed by atoms with van der Waals surface area (Å²) in [5.74, 6) is -6.86. The number of benzene rings is 6. The lowest BCUT2D eigenvalue weighted by molar-refractivity contribution is -0.133. The molecule has 20 nitrogen and oxygen atoms in total. The van der Waals surface area contributed by atoms with Gasteiger partial charge in [-0.05, 0) is 98.5 Å². The van der Waals surface area contributed by atoms with Crippen LogP contribution in [0.1, 0.15) is 114 Å². The minimum absolute atomic E-state index is 0.00158. The maximum atomic E-state index is 13.5. The molecule has 0 unspecified atom stereocenters. The first kappa shape index (κ1) is 58.0. The minimum atomic E-state index is -0.965. The molecule has 0 heterocycles. The van der Waals surface area contributed by atoms with Crippen molar-refractivity contribution in [3.63, 3.8) is 0 Å². The van der Waals surface area contributed by atoms with Crippen molar-refractivity contribution < 1.29 is 96.7 Å². The molecule has 4 N–H and O–H groups in total. The predicted molar refractivity (Wildman–Crippen MR) is 281 cm³/mol. The van der Waals surface area contributed by atoms with E-state index in [1.165, 1.54) is 90.1 Å². The van der Waals surface area contributed by atoms with Gasteiger partial charge in [-0.2, -0.15) is 0 Å². The number of carbonyl (C=O) groups is 8.